The van der Waals surface area contributed by atoms with E-state index >= 15 is 0 Å². The van der Waals surface area contributed by atoms with E-state index in [2.05, 4.69) is 10.4 Å². The molecule has 7 nitrogen and oxygen atoms in total. The van der Waals surface area contributed by atoms with Crippen molar-refractivity contribution in [2.75, 3.05) is 5.32 Å². The van der Waals surface area contributed by atoms with Crippen LogP contribution in [0.2, 0.25) is 5.02 Å². The fourth-order valence-electron chi connectivity index (χ4n) is 2.04. The van der Waals surface area contributed by atoms with Gasteiger partial charge in [0.05, 0.1) is 16.6 Å². The summed E-state index contributed by atoms with van der Waals surface area (Å²) in [5.41, 5.74) is 0.954. The Labute approximate surface area is 129 Å². The van der Waals surface area contributed by atoms with E-state index < -0.39 is 11.0 Å². The van der Waals surface area contributed by atoms with Crippen molar-refractivity contribution in [2.45, 2.75) is 0 Å². The summed E-state index contributed by atoms with van der Waals surface area (Å²) in [7, 11) is 0. The molecule has 1 N–H and O–H groups in total. The second-order valence-corrected chi connectivity index (χ2v) is 4.93. The third-order valence-electron chi connectivity index (χ3n) is 3.03. The molecule has 110 valence electrons. The molecule has 0 bridgehead atoms. The summed E-state index contributed by atoms with van der Waals surface area (Å²) >= 11 is 5.86. The van der Waals surface area contributed by atoms with Crippen molar-refractivity contribution in [3.8, 4) is 0 Å². The molecule has 0 aliphatic rings. The number of hydrogen-bond donors (Lipinski definition) is 1. The molecular weight excluding hydrogens is 308 g/mol. The molecule has 0 aliphatic carbocycles. The molecule has 2 aromatic carbocycles. The normalized spacial score (nSPS) is 10.6. The number of fused-ring (bicyclic) bond motifs is 1. The zero-order chi connectivity index (χ0) is 15.7. The Balaban J connectivity index is 1.93. The van der Waals surface area contributed by atoms with Crippen molar-refractivity contribution >= 4 is 39.9 Å². The molecule has 1 heterocycles. The maximum Gasteiger partial charge on any atom is 0.347 e. The summed E-state index contributed by atoms with van der Waals surface area (Å²) in [6.07, 6.45) is 1.40. The fraction of sp³-hybridized carbons (Fsp3) is 0. The second kappa shape index (κ2) is 5.45. The molecule has 8 heteroatoms. The highest BCUT2D eigenvalue weighted by atomic mass is 35.5. The first-order valence-electron chi connectivity index (χ1n) is 6.24. The van der Waals surface area contributed by atoms with Crippen LogP contribution in [0.1, 0.15) is 0 Å². The highest BCUT2D eigenvalue weighted by molar-refractivity contribution is 6.30. The Morgan fingerprint density at radius 3 is 2.82 bits per heavy atom. The van der Waals surface area contributed by atoms with Crippen LogP contribution < -0.4 is 5.32 Å². The van der Waals surface area contributed by atoms with Gasteiger partial charge >= 0.3 is 6.03 Å². The first-order valence-corrected chi connectivity index (χ1v) is 6.61. The summed E-state index contributed by atoms with van der Waals surface area (Å²) in [5.74, 6) is 0. The molecule has 3 aromatic rings. The number of nitrogens with one attached hydrogen (secondary N) is 1. The molecule has 0 fully saturated rings. The van der Waals surface area contributed by atoms with Gasteiger partial charge in [-0.05, 0) is 24.3 Å². The molecule has 1 aromatic heterocycles. The number of nitro benzene ring substituents is 1. The first kappa shape index (κ1) is 14.0. The molecular formula is C14H9ClN4O3. The minimum atomic E-state index is -0.497. The van der Waals surface area contributed by atoms with Crippen molar-refractivity contribution in [1.29, 1.82) is 0 Å². The van der Waals surface area contributed by atoms with Crippen molar-refractivity contribution < 1.29 is 9.72 Å². The summed E-state index contributed by atoms with van der Waals surface area (Å²) in [6.45, 7) is 0. The van der Waals surface area contributed by atoms with Gasteiger partial charge in [-0.15, -0.1) is 0 Å². The molecule has 0 radical (unpaired) electrons. The standard InChI is InChI=1S/C14H9ClN4O3/c15-10-2-1-3-11(7-10)17-14(20)18-13-5-4-12(19(21)22)6-9(13)8-16-18/h1-8H,(H,17,20). The number of amides is 1. The number of nitrogens with zero attached hydrogens (tertiary/aromatic N) is 3. The van der Waals surface area contributed by atoms with Gasteiger partial charge in [-0.3, -0.25) is 10.1 Å². The summed E-state index contributed by atoms with van der Waals surface area (Å²) < 4.78 is 1.14. The van der Waals surface area contributed by atoms with Gasteiger partial charge in [-0.1, -0.05) is 17.7 Å². The van der Waals surface area contributed by atoms with Gasteiger partial charge < -0.3 is 5.32 Å². The van der Waals surface area contributed by atoms with Crippen LogP contribution in [0.4, 0.5) is 16.2 Å². The zero-order valence-corrected chi connectivity index (χ0v) is 11.8. The molecule has 0 saturated carbocycles. The van der Waals surface area contributed by atoms with Crippen molar-refractivity contribution in [1.82, 2.24) is 9.78 Å². The minimum absolute atomic E-state index is 0.0534. The largest absolute Gasteiger partial charge is 0.347 e. The van der Waals surface area contributed by atoms with E-state index in [4.69, 9.17) is 11.6 Å². The third-order valence-corrected chi connectivity index (χ3v) is 3.27. The van der Waals surface area contributed by atoms with Gasteiger partial charge in [0.2, 0.25) is 0 Å². The van der Waals surface area contributed by atoms with Gasteiger partial charge in [-0.2, -0.15) is 9.78 Å². The van der Waals surface area contributed by atoms with Crippen LogP contribution in [0.3, 0.4) is 0 Å². The fourth-order valence-corrected chi connectivity index (χ4v) is 2.23. The average Bonchev–Trinajstić information content (AvgIpc) is 2.90. The van der Waals surface area contributed by atoms with Crippen LogP contribution in [0.25, 0.3) is 10.9 Å². The molecule has 0 spiro atoms. The predicted molar refractivity (Wildman–Crippen MR) is 82.3 cm³/mol. The van der Waals surface area contributed by atoms with Crippen molar-refractivity contribution in [2.24, 2.45) is 0 Å². The van der Waals surface area contributed by atoms with E-state index in [9.17, 15) is 14.9 Å². The van der Waals surface area contributed by atoms with Crippen LogP contribution in [-0.2, 0) is 0 Å². The first-order chi connectivity index (χ1) is 10.5. The van der Waals surface area contributed by atoms with Gasteiger partial charge in [0.15, 0.2) is 0 Å². The Kier molecular flexibility index (Phi) is 3.48. The lowest BCUT2D eigenvalue weighted by atomic mass is 10.2. The maximum atomic E-state index is 12.2. The van der Waals surface area contributed by atoms with Gasteiger partial charge in [0.1, 0.15) is 0 Å². The number of carbonyl (C=O) groups is 1. The van der Waals surface area contributed by atoms with Gasteiger partial charge in [-0.25, -0.2) is 4.79 Å². The highest BCUT2D eigenvalue weighted by Crippen LogP contribution is 2.21. The number of benzene rings is 2. The maximum absolute atomic E-state index is 12.2. The van der Waals surface area contributed by atoms with Crippen LogP contribution in [0, 0.1) is 10.1 Å². The van der Waals surface area contributed by atoms with Crippen molar-refractivity contribution in [3.63, 3.8) is 0 Å². The number of rotatable bonds is 2. The van der Waals surface area contributed by atoms with Gasteiger partial charge in [0, 0.05) is 28.2 Å². The Morgan fingerprint density at radius 1 is 1.27 bits per heavy atom. The molecule has 0 unspecified atom stereocenters. The lowest BCUT2D eigenvalue weighted by Gasteiger charge is -2.06. The molecule has 3 rings (SSSR count). The number of aromatic nitrogens is 2. The molecule has 1 amide bonds. The number of halogens is 1. The molecule has 22 heavy (non-hydrogen) atoms. The average molecular weight is 317 g/mol. The van der Waals surface area contributed by atoms with E-state index in [-0.39, 0.29) is 5.69 Å². The lowest BCUT2D eigenvalue weighted by Crippen LogP contribution is -2.20. The molecule has 0 saturated heterocycles. The van der Waals surface area contributed by atoms with E-state index in [0.717, 1.165) is 4.68 Å². The number of non-ortho nitro benzene ring substituents is 1. The van der Waals surface area contributed by atoms with Crippen LogP contribution in [0.5, 0.6) is 0 Å². The summed E-state index contributed by atoms with van der Waals surface area (Å²) in [6, 6.07) is 10.4. The van der Waals surface area contributed by atoms with Crippen LogP contribution >= 0.6 is 11.6 Å². The van der Waals surface area contributed by atoms with Crippen molar-refractivity contribution in [3.05, 3.63) is 63.8 Å². The van der Waals surface area contributed by atoms with Gasteiger partial charge in [0.25, 0.3) is 5.69 Å². The zero-order valence-electron chi connectivity index (χ0n) is 11.1. The van der Waals surface area contributed by atoms with E-state index in [1.807, 2.05) is 0 Å². The molecule has 0 atom stereocenters. The Hall–Kier alpha value is -2.93. The SMILES string of the molecule is O=C(Nc1cccc(Cl)c1)n1ncc2cc([N+](=O)[O-])ccc21. The number of carbonyl (C=O) groups excluding carboxylic acids is 1. The predicted octanol–water partition coefficient (Wildman–Crippen LogP) is 3.68. The second-order valence-electron chi connectivity index (χ2n) is 4.50. The smallest absolute Gasteiger partial charge is 0.306 e. The van der Waals surface area contributed by atoms with E-state index in [0.29, 0.717) is 21.6 Å². The lowest BCUT2D eigenvalue weighted by molar-refractivity contribution is -0.384. The Morgan fingerprint density at radius 2 is 2.09 bits per heavy atom. The minimum Gasteiger partial charge on any atom is -0.306 e. The number of anilines is 1. The molecule has 0 aliphatic heterocycles. The monoisotopic (exact) mass is 316 g/mol. The summed E-state index contributed by atoms with van der Waals surface area (Å²) in [5, 5.41) is 18.4. The van der Waals surface area contributed by atoms with Crippen LogP contribution in [0.15, 0.2) is 48.7 Å². The van der Waals surface area contributed by atoms with Crippen LogP contribution in [-0.4, -0.2) is 20.7 Å². The quantitative estimate of drug-likeness (QED) is 0.576. The third kappa shape index (κ3) is 2.61. The topological polar surface area (TPSA) is 90.1 Å². The van der Waals surface area contributed by atoms with E-state index in [1.54, 1.807) is 24.3 Å². The highest BCUT2D eigenvalue weighted by Gasteiger charge is 2.14. The van der Waals surface area contributed by atoms with E-state index in [1.165, 1.54) is 24.4 Å². The number of hydrogen-bond acceptors (Lipinski definition) is 4. The number of nitro groups is 1. The summed E-state index contributed by atoms with van der Waals surface area (Å²) in [4.78, 5) is 22.5. The Bertz CT molecular complexity index is 891.